The third kappa shape index (κ3) is 5.22. The number of nitrogens with one attached hydrogen (secondary N) is 1. The number of nitrogens with zero attached hydrogens (tertiary/aromatic N) is 1. The number of carbonyl (C=O) groups is 1. The number of benzene rings is 2. The van der Waals surface area contributed by atoms with E-state index in [9.17, 15) is 4.79 Å². The van der Waals surface area contributed by atoms with Gasteiger partial charge in [0.05, 0.1) is 7.11 Å². The Balaban J connectivity index is 1.57. The summed E-state index contributed by atoms with van der Waals surface area (Å²) in [5.41, 5.74) is 2.16. The molecule has 2 aromatic carbocycles. The molecule has 2 aromatic rings. The Morgan fingerprint density at radius 3 is 2.60 bits per heavy atom. The summed E-state index contributed by atoms with van der Waals surface area (Å²) in [5, 5.41) is 3.59. The highest BCUT2D eigenvalue weighted by Gasteiger charge is 2.46. The molecule has 0 unspecified atom stereocenters. The number of allylic oxidation sites excluding steroid dienone is 1. The maximum Gasteiger partial charge on any atom is 0.410 e. The second-order valence-corrected chi connectivity index (χ2v) is 7.97. The molecule has 5 nitrogen and oxygen atoms in total. The van der Waals surface area contributed by atoms with Crippen LogP contribution in [0.3, 0.4) is 0 Å². The van der Waals surface area contributed by atoms with Crippen LogP contribution in [-0.4, -0.2) is 37.2 Å². The van der Waals surface area contributed by atoms with Crippen molar-refractivity contribution in [1.29, 1.82) is 0 Å². The normalized spacial score (nSPS) is 20.7. The molecule has 1 fully saturated rings. The van der Waals surface area contributed by atoms with E-state index in [2.05, 4.69) is 31.0 Å². The molecule has 0 spiro atoms. The van der Waals surface area contributed by atoms with E-state index in [1.807, 2.05) is 53.4 Å². The zero-order valence-corrected chi connectivity index (χ0v) is 18.0. The summed E-state index contributed by atoms with van der Waals surface area (Å²) in [6, 6.07) is 17.9. The Hall–Kier alpha value is -2.79. The monoisotopic (exact) mass is 408 g/mol. The number of hydrogen-bond donors (Lipinski definition) is 1. The lowest BCUT2D eigenvalue weighted by molar-refractivity contribution is 0.0813. The fourth-order valence-corrected chi connectivity index (χ4v) is 4.20. The van der Waals surface area contributed by atoms with E-state index < -0.39 is 0 Å². The van der Waals surface area contributed by atoms with E-state index in [0.29, 0.717) is 13.2 Å². The highest BCUT2D eigenvalue weighted by atomic mass is 16.6. The van der Waals surface area contributed by atoms with Crippen molar-refractivity contribution < 1.29 is 14.3 Å². The zero-order chi connectivity index (χ0) is 21.4. The molecule has 1 saturated heterocycles. The summed E-state index contributed by atoms with van der Waals surface area (Å²) in [6.45, 7) is 8.66. The van der Waals surface area contributed by atoms with Crippen LogP contribution in [-0.2, 0) is 17.9 Å². The lowest BCUT2D eigenvalue weighted by atomic mass is 9.77. The summed E-state index contributed by atoms with van der Waals surface area (Å²) in [6.07, 6.45) is 3.50. The molecule has 1 aliphatic rings. The highest BCUT2D eigenvalue weighted by Crippen LogP contribution is 2.40. The van der Waals surface area contributed by atoms with Crippen molar-refractivity contribution in [2.24, 2.45) is 5.41 Å². The molecule has 1 N–H and O–H groups in total. The molecule has 0 radical (unpaired) electrons. The van der Waals surface area contributed by atoms with Crippen LogP contribution in [0.1, 0.15) is 30.9 Å². The molecular weight excluding hydrogens is 376 g/mol. The molecule has 0 aromatic heterocycles. The first-order chi connectivity index (χ1) is 14.6. The number of rotatable bonds is 9. The van der Waals surface area contributed by atoms with Gasteiger partial charge in [0.15, 0.2) is 0 Å². The van der Waals surface area contributed by atoms with Crippen LogP contribution in [0.2, 0.25) is 0 Å². The van der Waals surface area contributed by atoms with Crippen molar-refractivity contribution in [3.8, 4) is 5.75 Å². The van der Waals surface area contributed by atoms with Crippen molar-refractivity contribution in [2.45, 2.75) is 39.0 Å². The molecule has 1 amide bonds. The van der Waals surface area contributed by atoms with Crippen molar-refractivity contribution in [2.75, 3.05) is 20.2 Å². The number of carbonyl (C=O) groups excluding carboxylic acids is 1. The van der Waals surface area contributed by atoms with Gasteiger partial charge in [-0.1, -0.05) is 48.5 Å². The van der Waals surface area contributed by atoms with Crippen molar-refractivity contribution in [3.63, 3.8) is 0 Å². The topological polar surface area (TPSA) is 50.8 Å². The first kappa shape index (κ1) is 21.9. The minimum atomic E-state index is -0.243. The van der Waals surface area contributed by atoms with Crippen LogP contribution in [0, 0.1) is 5.41 Å². The van der Waals surface area contributed by atoms with E-state index in [-0.39, 0.29) is 17.6 Å². The van der Waals surface area contributed by atoms with Gasteiger partial charge < -0.3 is 19.7 Å². The third-order valence-electron chi connectivity index (χ3n) is 6.16. The van der Waals surface area contributed by atoms with Gasteiger partial charge in [-0.2, -0.15) is 0 Å². The number of methoxy groups -OCH3 is 1. The van der Waals surface area contributed by atoms with Gasteiger partial charge in [-0.25, -0.2) is 4.79 Å². The second-order valence-electron chi connectivity index (χ2n) is 7.97. The van der Waals surface area contributed by atoms with E-state index in [1.165, 1.54) is 5.56 Å². The Bertz CT molecular complexity index is 822. The summed E-state index contributed by atoms with van der Waals surface area (Å²) in [5.74, 6) is 0.857. The summed E-state index contributed by atoms with van der Waals surface area (Å²) < 4.78 is 10.8. The number of ether oxygens (including phenoxy) is 2. The van der Waals surface area contributed by atoms with Gasteiger partial charge in [-0.3, -0.25) is 0 Å². The summed E-state index contributed by atoms with van der Waals surface area (Å²) in [4.78, 5) is 14.6. The average Bonchev–Trinajstić information content (AvgIpc) is 3.10. The quantitative estimate of drug-likeness (QED) is 0.607. The van der Waals surface area contributed by atoms with Gasteiger partial charge in [0, 0.05) is 31.1 Å². The lowest BCUT2D eigenvalue weighted by Crippen LogP contribution is -2.45. The zero-order valence-electron chi connectivity index (χ0n) is 18.0. The minimum absolute atomic E-state index is 0.0417. The molecule has 1 heterocycles. The fraction of sp³-hybridized carbons (Fsp3) is 0.400. The van der Waals surface area contributed by atoms with Gasteiger partial charge in [-0.15, -0.1) is 6.58 Å². The van der Waals surface area contributed by atoms with E-state index in [0.717, 1.165) is 37.2 Å². The number of amides is 1. The van der Waals surface area contributed by atoms with Gasteiger partial charge in [0.25, 0.3) is 0 Å². The SMILES string of the molecule is C=CC[C@]1(CNCc2ccc(OC)cc2)CCN(C(=O)OCc2ccccc2)[C@@H]1C. The van der Waals surface area contributed by atoms with Crippen LogP contribution in [0.4, 0.5) is 4.79 Å². The van der Waals surface area contributed by atoms with Crippen LogP contribution < -0.4 is 10.1 Å². The van der Waals surface area contributed by atoms with Crippen LogP contribution in [0.15, 0.2) is 67.3 Å². The Morgan fingerprint density at radius 2 is 1.93 bits per heavy atom. The first-order valence-corrected chi connectivity index (χ1v) is 10.5. The molecule has 1 aliphatic heterocycles. The molecule has 2 atom stereocenters. The number of likely N-dealkylation sites (tertiary alicyclic amines) is 1. The Morgan fingerprint density at radius 1 is 1.20 bits per heavy atom. The van der Waals surface area contributed by atoms with Crippen molar-refractivity contribution in [1.82, 2.24) is 10.2 Å². The van der Waals surface area contributed by atoms with Crippen LogP contribution in [0.5, 0.6) is 5.75 Å². The van der Waals surface area contributed by atoms with Gasteiger partial charge in [0.2, 0.25) is 0 Å². The van der Waals surface area contributed by atoms with E-state index >= 15 is 0 Å². The van der Waals surface area contributed by atoms with Gasteiger partial charge in [-0.05, 0) is 43.0 Å². The second kappa shape index (κ2) is 10.3. The molecule has 5 heteroatoms. The summed E-state index contributed by atoms with van der Waals surface area (Å²) in [7, 11) is 1.67. The Kier molecular flexibility index (Phi) is 7.52. The Labute approximate surface area is 179 Å². The van der Waals surface area contributed by atoms with E-state index in [1.54, 1.807) is 7.11 Å². The molecule has 160 valence electrons. The smallest absolute Gasteiger partial charge is 0.410 e. The van der Waals surface area contributed by atoms with Crippen molar-refractivity contribution >= 4 is 6.09 Å². The minimum Gasteiger partial charge on any atom is -0.497 e. The van der Waals surface area contributed by atoms with Crippen LogP contribution in [0.25, 0.3) is 0 Å². The molecule has 0 bridgehead atoms. The highest BCUT2D eigenvalue weighted by molar-refractivity contribution is 5.68. The van der Waals surface area contributed by atoms with Crippen molar-refractivity contribution in [3.05, 3.63) is 78.4 Å². The fourth-order valence-electron chi connectivity index (χ4n) is 4.20. The summed E-state index contributed by atoms with van der Waals surface area (Å²) >= 11 is 0. The largest absolute Gasteiger partial charge is 0.497 e. The maximum absolute atomic E-state index is 12.7. The predicted molar refractivity (Wildman–Crippen MR) is 119 cm³/mol. The lowest BCUT2D eigenvalue weighted by Gasteiger charge is -2.35. The third-order valence-corrected chi connectivity index (χ3v) is 6.16. The molecule has 3 rings (SSSR count). The van der Waals surface area contributed by atoms with Gasteiger partial charge in [0.1, 0.15) is 12.4 Å². The molecular formula is C25H32N2O3. The van der Waals surface area contributed by atoms with Crippen LogP contribution >= 0.6 is 0 Å². The predicted octanol–water partition coefficient (Wildman–Crippen LogP) is 4.78. The number of hydrogen-bond acceptors (Lipinski definition) is 4. The first-order valence-electron chi connectivity index (χ1n) is 10.5. The molecule has 0 saturated carbocycles. The molecule has 30 heavy (non-hydrogen) atoms. The van der Waals surface area contributed by atoms with Gasteiger partial charge >= 0.3 is 6.09 Å². The average molecular weight is 409 g/mol. The van der Waals surface area contributed by atoms with E-state index in [4.69, 9.17) is 9.47 Å². The molecule has 0 aliphatic carbocycles. The standard InChI is InChI=1S/C25H32N2O3/c1-4-14-25(19-26-17-21-10-12-23(29-3)13-11-21)15-16-27(20(25)2)24(28)30-18-22-8-6-5-7-9-22/h4-13,20,26H,1,14-19H2,2-3H3/t20-,25-/m1/s1. The maximum atomic E-state index is 12.7.